The fourth-order valence-corrected chi connectivity index (χ4v) is 3.78. The number of rotatable bonds is 4. The van der Waals surface area contributed by atoms with Crippen LogP contribution in [-0.2, 0) is 0 Å². The minimum absolute atomic E-state index is 0.150. The van der Waals surface area contributed by atoms with Crippen LogP contribution in [0, 0.1) is 0 Å². The number of benzene rings is 1. The molecule has 0 unspecified atom stereocenters. The molecule has 1 aromatic heterocycles. The van der Waals surface area contributed by atoms with Gasteiger partial charge in [0.2, 0.25) is 0 Å². The van der Waals surface area contributed by atoms with Crippen LogP contribution in [0.4, 0.5) is 0 Å². The van der Waals surface area contributed by atoms with Crippen molar-refractivity contribution in [2.75, 3.05) is 12.8 Å². The van der Waals surface area contributed by atoms with Gasteiger partial charge in [0.15, 0.2) is 0 Å². The smallest absolute Gasteiger partial charge is 0.270 e. The summed E-state index contributed by atoms with van der Waals surface area (Å²) in [6, 6.07) is 9.22. The van der Waals surface area contributed by atoms with E-state index in [2.05, 4.69) is 16.6 Å². The maximum atomic E-state index is 12.3. The van der Waals surface area contributed by atoms with E-state index in [4.69, 9.17) is 11.6 Å². The van der Waals surface area contributed by atoms with Gasteiger partial charge in [-0.1, -0.05) is 36.2 Å². The largest absolute Gasteiger partial charge is 0.349 e. The monoisotopic (exact) mass is 320 g/mol. The third-order valence-corrected chi connectivity index (χ3v) is 5.90. The third kappa shape index (κ3) is 2.87. The molecule has 0 bridgehead atoms. The lowest BCUT2D eigenvalue weighted by molar-refractivity contribution is 0.0939. The highest BCUT2D eigenvalue weighted by molar-refractivity contribution is 8.00. The number of para-hydroxylation sites is 1. The summed E-state index contributed by atoms with van der Waals surface area (Å²) in [6.07, 6.45) is 5.69. The topological polar surface area (TPSA) is 42.0 Å². The van der Waals surface area contributed by atoms with Gasteiger partial charge < -0.3 is 5.32 Å². The van der Waals surface area contributed by atoms with Crippen LogP contribution in [0.3, 0.4) is 0 Å². The lowest BCUT2D eigenvalue weighted by Gasteiger charge is -2.40. The molecule has 0 saturated heterocycles. The average molecular weight is 321 g/mol. The highest BCUT2D eigenvalue weighted by Crippen LogP contribution is 2.42. The molecule has 1 aliphatic carbocycles. The van der Waals surface area contributed by atoms with Crippen molar-refractivity contribution in [1.82, 2.24) is 10.3 Å². The van der Waals surface area contributed by atoms with Crippen LogP contribution in [0.5, 0.6) is 0 Å². The number of hydrogen-bond acceptors (Lipinski definition) is 3. The van der Waals surface area contributed by atoms with E-state index < -0.39 is 0 Å². The van der Waals surface area contributed by atoms with E-state index in [-0.39, 0.29) is 10.7 Å². The van der Waals surface area contributed by atoms with Crippen molar-refractivity contribution in [3.63, 3.8) is 0 Å². The summed E-state index contributed by atoms with van der Waals surface area (Å²) < 4.78 is 0.219. The van der Waals surface area contributed by atoms with Crippen molar-refractivity contribution in [1.29, 1.82) is 0 Å². The Labute approximate surface area is 133 Å². The predicted octanol–water partition coefficient (Wildman–Crippen LogP) is 3.90. The van der Waals surface area contributed by atoms with Crippen molar-refractivity contribution >= 4 is 40.2 Å². The van der Waals surface area contributed by atoms with E-state index in [0.29, 0.717) is 17.3 Å². The minimum Gasteiger partial charge on any atom is -0.349 e. The third-order valence-electron chi connectivity index (χ3n) is 4.17. The first-order valence-electron chi connectivity index (χ1n) is 7.02. The standard InChI is InChI=1S/C16H17ClN2OS/c1-21-16(7-4-8-16)10-18-15(20)14-9-12(17)11-5-2-3-6-13(11)19-14/h2-3,5-6,9H,4,7-8,10H2,1H3,(H,18,20). The van der Waals surface area contributed by atoms with E-state index in [0.717, 1.165) is 10.9 Å². The second kappa shape index (κ2) is 5.85. The van der Waals surface area contributed by atoms with Crippen molar-refractivity contribution in [2.45, 2.75) is 24.0 Å². The molecule has 1 fully saturated rings. The van der Waals surface area contributed by atoms with Gasteiger partial charge in [-0.3, -0.25) is 4.79 Å². The number of aromatic nitrogens is 1. The van der Waals surface area contributed by atoms with Gasteiger partial charge in [0, 0.05) is 16.7 Å². The zero-order valence-corrected chi connectivity index (χ0v) is 13.4. The molecule has 1 saturated carbocycles. The summed E-state index contributed by atoms with van der Waals surface area (Å²) in [6.45, 7) is 0.694. The molecule has 1 amide bonds. The second-order valence-corrected chi connectivity index (χ2v) is 7.11. The number of amides is 1. The lowest BCUT2D eigenvalue weighted by atomic mass is 9.84. The van der Waals surface area contributed by atoms with Gasteiger partial charge in [-0.05, 0) is 31.2 Å². The molecular formula is C16H17ClN2OS. The molecular weight excluding hydrogens is 304 g/mol. The number of nitrogens with zero attached hydrogens (tertiary/aromatic N) is 1. The fraction of sp³-hybridized carbons (Fsp3) is 0.375. The maximum Gasteiger partial charge on any atom is 0.270 e. The molecule has 3 rings (SSSR count). The summed E-state index contributed by atoms with van der Waals surface area (Å²) in [7, 11) is 0. The molecule has 3 nitrogen and oxygen atoms in total. The van der Waals surface area contributed by atoms with Gasteiger partial charge in [0.25, 0.3) is 5.91 Å². The van der Waals surface area contributed by atoms with E-state index in [1.165, 1.54) is 19.3 Å². The minimum atomic E-state index is -0.150. The number of fused-ring (bicyclic) bond motifs is 1. The summed E-state index contributed by atoms with van der Waals surface area (Å²) >= 11 is 8.08. The molecule has 0 radical (unpaired) electrons. The number of halogens is 1. The van der Waals surface area contributed by atoms with Crippen LogP contribution in [0.2, 0.25) is 5.02 Å². The van der Waals surface area contributed by atoms with Gasteiger partial charge in [-0.25, -0.2) is 4.98 Å². The summed E-state index contributed by atoms with van der Waals surface area (Å²) in [5, 5.41) is 4.44. The van der Waals surface area contributed by atoms with E-state index >= 15 is 0 Å². The van der Waals surface area contributed by atoms with Crippen LogP contribution in [0.15, 0.2) is 30.3 Å². The second-order valence-electron chi connectivity index (χ2n) is 5.43. The van der Waals surface area contributed by atoms with Crippen molar-refractivity contribution in [3.05, 3.63) is 41.0 Å². The molecule has 5 heteroatoms. The summed E-state index contributed by atoms with van der Waals surface area (Å²) in [5.41, 5.74) is 1.13. The fourth-order valence-electron chi connectivity index (χ4n) is 2.61. The number of carbonyl (C=O) groups excluding carboxylic acids is 1. The Kier molecular flexibility index (Phi) is 4.09. The SMILES string of the molecule is CSC1(CNC(=O)c2cc(Cl)c3ccccc3n2)CCC1. The predicted molar refractivity (Wildman–Crippen MR) is 89.2 cm³/mol. The normalized spacial score (nSPS) is 16.5. The molecule has 0 aliphatic heterocycles. The van der Waals surface area contributed by atoms with E-state index in [1.54, 1.807) is 6.07 Å². The van der Waals surface area contributed by atoms with Gasteiger partial charge in [-0.15, -0.1) is 0 Å². The lowest BCUT2D eigenvalue weighted by Crippen LogP contribution is -2.45. The van der Waals surface area contributed by atoms with Crippen LogP contribution >= 0.6 is 23.4 Å². The van der Waals surface area contributed by atoms with Gasteiger partial charge >= 0.3 is 0 Å². The van der Waals surface area contributed by atoms with E-state index in [1.807, 2.05) is 36.0 Å². The Hall–Kier alpha value is -1.26. The zero-order valence-electron chi connectivity index (χ0n) is 11.9. The van der Waals surface area contributed by atoms with Crippen LogP contribution < -0.4 is 5.32 Å². The van der Waals surface area contributed by atoms with E-state index in [9.17, 15) is 4.79 Å². The number of hydrogen-bond donors (Lipinski definition) is 1. The van der Waals surface area contributed by atoms with Crippen molar-refractivity contribution < 1.29 is 4.79 Å². The Morgan fingerprint density at radius 1 is 1.43 bits per heavy atom. The number of carbonyl (C=O) groups is 1. The first-order chi connectivity index (χ1) is 10.1. The number of thioether (sulfide) groups is 1. The molecule has 2 aromatic rings. The van der Waals surface area contributed by atoms with Crippen LogP contribution in [0.1, 0.15) is 29.8 Å². The molecule has 1 aromatic carbocycles. The Balaban J connectivity index is 1.78. The molecule has 1 aliphatic rings. The molecule has 1 N–H and O–H groups in total. The molecule has 0 spiro atoms. The highest BCUT2D eigenvalue weighted by atomic mass is 35.5. The first kappa shape index (κ1) is 14.7. The van der Waals surface area contributed by atoms with Crippen LogP contribution in [0.25, 0.3) is 10.9 Å². The van der Waals surface area contributed by atoms with Crippen molar-refractivity contribution in [3.8, 4) is 0 Å². The first-order valence-corrected chi connectivity index (χ1v) is 8.62. The molecule has 1 heterocycles. The molecule has 110 valence electrons. The molecule has 0 atom stereocenters. The zero-order chi connectivity index (χ0) is 14.9. The van der Waals surface area contributed by atoms with Gasteiger partial charge in [0.1, 0.15) is 5.69 Å². The quantitative estimate of drug-likeness (QED) is 0.929. The Morgan fingerprint density at radius 2 is 2.19 bits per heavy atom. The van der Waals surface area contributed by atoms with Crippen LogP contribution in [-0.4, -0.2) is 28.4 Å². The van der Waals surface area contributed by atoms with Gasteiger partial charge in [-0.2, -0.15) is 11.8 Å². The number of pyridine rings is 1. The summed E-state index contributed by atoms with van der Waals surface area (Å²) in [4.78, 5) is 16.7. The van der Waals surface area contributed by atoms with Gasteiger partial charge in [0.05, 0.1) is 10.5 Å². The molecule has 21 heavy (non-hydrogen) atoms. The summed E-state index contributed by atoms with van der Waals surface area (Å²) in [5.74, 6) is -0.150. The Bertz CT molecular complexity index is 680. The maximum absolute atomic E-state index is 12.3. The average Bonchev–Trinajstić information content (AvgIpc) is 2.46. The highest BCUT2D eigenvalue weighted by Gasteiger charge is 2.36. The Morgan fingerprint density at radius 3 is 2.86 bits per heavy atom. The number of nitrogens with one attached hydrogen (secondary N) is 1. The van der Waals surface area contributed by atoms with Crippen molar-refractivity contribution in [2.24, 2.45) is 0 Å².